The van der Waals surface area contributed by atoms with Crippen LogP contribution in [0.15, 0.2) is 18.2 Å². The van der Waals surface area contributed by atoms with Crippen LogP contribution in [0.1, 0.15) is 10.4 Å². The van der Waals surface area contributed by atoms with Crippen LogP contribution in [0.25, 0.3) is 0 Å². The summed E-state index contributed by atoms with van der Waals surface area (Å²) in [4.78, 5) is 24.0. The maximum absolute atomic E-state index is 12.2. The summed E-state index contributed by atoms with van der Waals surface area (Å²) in [5, 5.41) is 10.9. The average molecular weight is 246 g/mol. The molecule has 0 bridgehead atoms. The lowest BCUT2D eigenvalue weighted by Crippen LogP contribution is -2.41. The lowest BCUT2D eigenvalue weighted by molar-refractivity contribution is -0.385. The first-order valence-electron chi connectivity index (χ1n) is 5.50. The molecule has 0 atom stereocenters. The summed E-state index contributed by atoms with van der Waals surface area (Å²) in [7, 11) is 5.49. The van der Waals surface area contributed by atoms with Crippen molar-refractivity contribution in [2.75, 3.05) is 26.3 Å². The van der Waals surface area contributed by atoms with Crippen molar-refractivity contribution in [2.24, 2.45) is 0 Å². The van der Waals surface area contributed by atoms with Gasteiger partial charge in [-0.15, -0.1) is 0 Å². The number of ether oxygens (including phenoxy) is 1. The van der Waals surface area contributed by atoms with E-state index in [1.807, 2.05) is 0 Å². The molecule has 0 unspecified atom stereocenters. The van der Waals surface area contributed by atoms with E-state index in [0.29, 0.717) is 26.3 Å². The summed E-state index contributed by atoms with van der Waals surface area (Å²) in [6, 6.07) is 4.08. The van der Waals surface area contributed by atoms with Crippen LogP contribution >= 0.6 is 0 Å². The Morgan fingerprint density at radius 1 is 1.39 bits per heavy atom. The van der Waals surface area contributed by atoms with Crippen molar-refractivity contribution in [2.45, 2.75) is 0 Å². The molecule has 2 rings (SSSR count). The molecule has 1 aromatic rings. The van der Waals surface area contributed by atoms with Crippen molar-refractivity contribution < 1.29 is 14.5 Å². The zero-order valence-corrected chi connectivity index (χ0v) is 9.67. The van der Waals surface area contributed by atoms with Gasteiger partial charge in [-0.25, -0.2) is 0 Å². The molecule has 0 saturated carbocycles. The Morgan fingerprint density at radius 3 is 2.67 bits per heavy atom. The molecule has 0 spiro atoms. The maximum atomic E-state index is 12.2. The Hall–Kier alpha value is -1.89. The summed E-state index contributed by atoms with van der Waals surface area (Å²) < 4.78 is 5.13. The van der Waals surface area contributed by atoms with Crippen LogP contribution < -0.4 is 5.46 Å². The van der Waals surface area contributed by atoms with Crippen molar-refractivity contribution >= 4 is 24.9 Å². The quantitative estimate of drug-likeness (QED) is 0.413. The first-order chi connectivity index (χ1) is 8.59. The first kappa shape index (κ1) is 12.6. The van der Waals surface area contributed by atoms with Crippen molar-refractivity contribution in [1.29, 1.82) is 0 Å². The topological polar surface area (TPSA) is 72.7 Å². The number of rotatable bonds is 2. The van der Waals surface area contributed by atoms with E-state index in [0.717, 1.165) is 0 Å². The molecule has 0 N–H and O–H groups in total. The molecule has 92 valence electrons. The third-order valence-electron chi connectivity index (χ3n) is 2.75. The van der Waals surface area contributed by atoms with Gasteiger partial charge in [-0.05, 0) is 6.07 Å². The summed E-state index contributed by atoms with van der Waals surface area (Å²) >= 11 is 0. The minimum Gasteiger partial charge on any atom is -0.378 e. The summed E-state index contributed by atoms with van der Waals surface area (Å²) in [6.45, 7) is 1.80. The van der Waals surface area contributed by atoms with Gasteiger partial charge in [0.25, 0.3) is 11.6 Å². The van der Waals surface area contributed by atoms with Gasteiger partial charge in [0.15, 0.2) is 0 Å². The number of nitro benzene ring substituents is 1. The summed E-state index contributed by atoms with van der Waals surface area (Å²) in [5.41, 5.74) is 0.0721. The molecule has 18 heavy (non-hydrogen) atoms. The van der Waals surface area contributed by atoms with Gasteiger partial charge >= 0.3 is 0 Å². The van der Waals surface area contributed by atoms with Crippen LogP contribution in [-0.2, 0) is 4.74 Å². The Morgan fingerprint density at radius 2 is 2.06 bits per heavy atom. The minimum atomic E-state index is -0.593. The van der Waals surface area contributed by atoms with Crippen LogP contribution in [-0.4, -0.2) is 49.9 Å². The molecule has 0 aliphatic carbocycles. The summed E-state index contributed by atoms with van der Waals surface area (Å²) in [6.07, 6.45) is 0. The predicted molar refractivity (Wildman–Crippen MR) is 65.2 cm³/mol. The van der Waals surface area contributed by atoms with Crippen molar-refractivity contribution in [3.8, 4) is 0 Å². The highest BCUT2D eigenvalue weighted by molar-refractivity contribution is 6.32. The lowest BCUT2D eigenvalue weighted by atomic mass is 9.94. The van der Waals surface area contributed by atoms with Crippen LogP contribution in [0.5, 0.6) is 0 Å². The molecule has 1 saturated heterocycles. The van der Waals surface area contributed by atoms with Gasteiger partial charge in [0.1, 0.15) is 13.4 Å². The number of hydrogen-bond donors (Lipinski definition) is 0. The largest absolute Gasteiger partial charge is 0.378 e. The van der Waals surface area contributed by atoms with E-state index in [1.165, 1.54) is 18.2 Å². The molecule has 1 aliphatic rings. The zero-order chi connectivity index (χ0) is 13.1. The number of morpholine rings is 1. The third kappa shape index (κ3) is 2.51. The fourth-order valence-corrected chi connectivity index (χ4v) is 1.82. The van der Waals surface area contributed by atoms with Crippen LogP contribution in [0, 0.1) is 10.1 Å². The second-order valence-corrected chi connectivity index (χ2v) is 3.94. The first-order valence-corrected chi connectivity index (χ1v) is 5.50. The fraction of sp³-hybridized carbons (Fsp3) is 0.364. The van der Waals surface area contributed by atoms with Gasteiger partial charge in [0.05, 0.1) is 18.1 Å². The normalized spacial score (nSPS) is 15.4. The molecular weight excluding hydrogens is 235 g/mol. The number of nitro groups is 1. The highest BCUT2D eigenvalue weighted by atomic mass is 16.6. The molecule has 1 aliphatic heterocycles. The van der Waals surface area contributed by atoms with E-state index in [4.69, 9.17) is 12.6 Å². The smallest absolute Gasteiger partial charge is 0.281 e. The maximum Gasteiger partial charge on any atom is 0.281 e. The number of benzene rings is 1. The number of amides is 1. The van der Waals surface area contributed by atoms with Gasteiger partial charge < -0.3 is 9.64 Å². The Kier molecular flexibility index (Phi) is 3.62. The van der Waals surface area contributed by atoms with Crippen molar-refractivity contribution in [3.63, 3.8) is 0 Å². The van der Waals surface area contributed by atoms with Crippen LogP contribution in [0.4, 0.5) is 5.69 Å². The number of nitrogens with zero attached hydrogens (tertiary/aromatic N) is 2. The Labute approximate surface area is 105 Å². The minimum absolute atomic E-state index is 0.0658. The van der Waals surface area contributed by atoms with E-state index in [-0.39, 0.29) is 22.6 Å². The molecule has 7 heteroatoms. The molecule has 2 radical (unpaired) electrons. The third-order valence-corrected chi connectivity index (χ3v) is 2.75. The second kappa shape index (κ2) is 5.18. The Bertz CT molecular complexity index is 486. The highest BCUT2D eigenvalue weighted by Crippen LogP contribution is 2.19. The Balaban J connectivity index is 2.31. The number of carbonyl (C=O) groups excluding carboxylic acids is 1. The summed E-state index contributed by atoms with van der Waals surface area (Å²) in [5.74, 6) is -0.356. The van der Waals surface area contributed by atoms with Gasteiger partial charge in [0.2, 0.25) is 0 Å². The zero-order valence-electron chi connectivity index (χ0n) is 9.67. The highest BCUT2D eigenvalue weighted by Gasteiger charge is 2.25. The van der Waals surface area contributed by atoms with E-state index < -0.39 is 4.92 Å². The van der Waals surface area contributed by atoms with Crippen molar-refractivity contribution in [1.82, 2.24) is 4.90 Å². The average Bonchev–Trinajstić information content (AvgIpc) is 2.39. The monoisotopic (exact) mass is 246 g/mol. The van der Waals surface area contributed by atoms with Crippen LogP contribution in [0.2, 0.25) is 0 Å². The lowest BCUT2D eigenvalue weighted by Gasteiger charge is -2.26. The van der Waals surface area contributed by atoms with E-state index in [2.05, 4.69) is 0 Å². The van der Waals surface area contributed by atoms with E-state index in [1.54, 1.807) is 4.90 Å². The van der Waals surface area contributed by atoms with Crippen LogP contribution in [0.3, 0.4) is 0 Å². The van der Waals surface area contributed by atoms with Gasteiger partial charge in [-0.1, -0.05) is 11.5 Å². The molecule has 1 heterocycles. The van der Waals surface area contributed by atoms with E-state index in [9.17, 15) is 14.9 Å². The molecule has 1 aromatic carbocycles. The van der Waals surface area contributed by atoms with E-state index >= 15 is 0 Å². The molecule has 1 fully saturated rings. The molecular formula is C11H11BN2O4. The van der Waals surface area contributed by atoms with Gasteiger partial charge in [-0.2, -0.15) is 0 Å². The second-order valence-electron chi connectivity index (χ2n) is 3.94. The fourth-order valence-electron chi connectivity index (χ4n) is 1.82. The standard InChI is InChI=1S/C11H11BN2O4/c12-8-1-2-9(10(7-8)14(16)17)11(15)13-3-5-18-6-4-13/h1-2,7H,3-6H2. The van der Waals surface area contributed by atoms with Crippen molar-refractivity contribution in [3.05, 3.63) is 33.9 Å². The predicted octanol–water partition coefficient (Wildman–Crippen LogP) is -0.139. The van der Waals surface area contributed by atoms with Gasteiger partial charge in [-0.3, -0.25) is 14.9 Å². The molecule has 6 nitrogen and oxygen atoms in total. The number of carbonyl (C=O) groups is 1. The molecule has 0 aromatic heterocycles. The molecule has 1 amide bonds. The van der Waals surface area contributed by atoms with Gasteiger partial charge in [0, 0.05) is 19.2 Å². The SMILES string of the molecule is [B]c1ccc(C(=O)N2CCOCC2)c([N+](=O)[O-])c1. The number of hydrogen-bond acceptors (Lipinski definition) is 4.